The number of aromatic nitrogens is 1. The van der Waals surface area contributed by atoms with Crippen LogP contribution in [0.1, 0.15) is 29.1 Å². The van der Waals surface area contributed by atoms with Crippen molar-refractivity contribution < 1.29 is 23.6 Å². The van der Waals surface area contributed by atoms with Crippen LogP contribution in [0.2, 0.25) is 0 Å². The van der Waals surface area contributed by atoms with Crippen molar-refractivity contribution in [3.8, 4) is 5.75 Å². The molecule has 1 atom stereocenters. The van der Waals surface area contributed by atoms with Gasteiger partial charge in [0, 0.05) is 25.7 Å². The lowest BCUT2D eigenvalue weighted by Crippen LogP contribution is -2.42. The van der Waals surface area contributed by atoms with Gasteiger partial charge in [-0.15, -0.1) is 0 Å². The molecule has 1 aliphatic heterocycles. The first-order chi connectivity index (χ1) is 12.6. The Balaban J connectivity index is 1.43. The van der Waals surface area contributed by atoms with E-state index < -0.39 is 5.82 Å². The topological polar surface area (TPSA) is 87.8 Å². The molecule has 7 nitrogen and oxygen atoms in total. The maximum absolute atomic E-state index is 13.5. The predicted molar refractivity (Wildman–Crippen MR) is 91.2 cm³/mol. The lowest BCUT2D eigenvalue weighted by atomic mass is 10.1. The number of carbonyl (C=O) groups excluding carboxylic acids is 1. The predicted octanol–water partition coefficient (Wildman–Crippen LogP) is 1.58. The Hall–Kier alpha value is -2.45. The van der Waals surface area contributed by atoms with Crippen molar-refractivity contribution in [2.24, 2.45) is 0 Å². The molecule has 1 aromatic carbocycles. The standard InChI is InChI=1S/C18H22FN3O4/c19-15-5-1-2-6-17(15)25-12-14-10-16(21-26-14)18(24)20-7-9-22-8-3-4-13(23)11-22/h1-2,5-6,10,13,23H,3-4,7-9,11-12H2,(H,20,24). The molecule has 0 radical (unpaired) electrons. The summed E-state index contributed by atoms with van der Waals surface area (Å²) in [5.41, 5.74) is 0.149. The van der Waals surface area contributed by atoms with Crippen LogP contribution in [0, 0.1) is 5.82 Å². The molecular formula is C18H22FN3O4. The first kappa shape index (κ1) is 18.3. The molecular weight excluding hydrogens is 341 g/mol. The van der Waals surface area contributed by atoms with E-state index in [4.69, 9.17) is 9.26 Å². The Bertz CT molecular complexity index is 737. The number of rotatable bonds is 7. The average Bonchev–Trinajstić information content (AvgIpc) is 3.10. The summed E-state index contributed by atoms with van der Waals surface area (Å²) in [6.45, 7) is 2.67. The number of halogens is 1. The van der Waals surface area contributed by atoms with Crippen molar-refractivity contribution in [1.29, 1.82) is 0 Å². The summed E-state index contributed by atoms with van der Waals surface area (Å²) < 4.78 is 23.9. The maximum Gasteiger partial charge on any atom is 0.273 e. The number of piperidine rings is 1. The smallest absolute Gasteiger partial charge is 0.273 e. The lowest BCUT2D eigenvalue weighted by Gasteiger charge is -2.29. The number of ether oxygens (including phenoxy) is 1. The second kappa shape index (κ2) is 8.77. The van der Waals surface area contributed by atoms with Crippen LogP contribution in [0.15, 0.2) is 34.9 Å². The molecule has 0 spiro atoms. The number of β-amino-alcohol motifs (C(OH)–C–C–N with tert-alkyl or cyclic N) is 1. The summed E-state index contributed by atoms with van der Waals surface area (Å²) in [5.74, 6) is -0.368. The van der Waals surface area contributed by atoms with Crippen LogP contribution < -0.4 is 10.1 Å². The van der Waals surface area contributed by atoms with Crippen LogP contribution in [0.5, 0.6) is 5.75 Å². The fourth-order valence-electron chi connectivity index (χ4n) is 2.85. The van der Waals surface area contributed by atoms with E-state index in [0.717, 1.165) is 19.4 Å². The normalized spacial score (nSPS) is 17.8. The Labute approximate surface area is 150 Å². The van der Waals surface area contributed by atoms with Gasteiger partial charge in [0.05, 0.1) is 6.10 Å². The molecule has 26 heavy (non-hydrogen) atoms. The molecule has 1 amide bonds. The Morgan fingerprint density at radius 2 is 2.31 bits per heavy atom. The first-order valence-electron chi connectivity index (χ1n) is 8.63. The molecule has 0 aliphatic carbocycles. The van der Waals surface area contributed by atoms with Crippen molar-refractivity contribution >= 4 is 5.91 Å². The van der Waals surface area contributed by atoms with E-state index in [2.05, 4.69) is 15.4 Å². The van der Waals surface area contributed by atoms with Crippen LogP contribution in [0.25, 0.3) is 0 Å². The van der Waals surface area contributed by atoms with E-state index in [0.29, 0.717) is 25.4 Å². The second-order valence-corrected chi connectivity index (χ2v) is 6.25. The molecule has 1 unspecified atom stereocenters. The number of benzene rings is 1. The van der Waals surface area contributed by atoms with Gasteiger partial charge in [-0.1, -0.05) is 17.3 Å². The van der Waals surface area contributed by atoms with E-state index in [1.165, 1.54) is 18.2 Å². The highest BCUT2D eigenvalue weighted by molar-refractivity contribution is 5.92. The second-order valence-electron chi connectivity index (χ2n) is 6.25. The SMILES string of the molecule is O=C(NCCN1CCCC(O)C1)c1cc(COc2ccccc2F)on1. The zero-order valence-electron chi connectivity index (χ0n) is 14.4. The van der Waals surface area contributed by atoms with Gasteiger partial charge in [0.25, 0.3) is 5.91 Å². The Morgan fingerprint density at radius 1 is 1.46 bits per heavy atom. The third-order valence-electron chi connectivity index (χ3n) is 4.19. The van der Waals surface area contributed by atoms with Gasteiger partial charge in [0.1, 0.15) is 6.61 Å². The van der Waals surface area contributed by atoms with Gasteiger partial charge in [-0.3, -0.25) is 9.69 Å². The monoisotopic (exact) mass is 363 g/mol. The van der Waals surface area contributed by atoms with E-state index in [-0.39, 0.29) is 30.1 Å². The molecule has 1 aliphatic rings. The summed E-state index contributed by atoms with van der Waals surface area (Å²) in [6.07, 6.45) is 1.51. The summed E-state index contributed by atoms with van der Waals surface area (Å²) in [4.78, 5) is 14.2. The number of amides is 1. The van der Waals surface area contributed by atoms with Gasteiger partial charge in [0.2, 0.25) is 0 Å². The van der Waals surface area contributed by atoms with Crippen LogP contribution in [0.3, 0.4) is 0 Å². The minimum absolute atomic E-state index is 0.0210. The van der Waals surface area contributed by atoms with Crippen LogP contribution >= 0.6 is 0 Å². The zero-order valence-corrected chi connectivity index (χ0v) is 14.4. The summed E-state index contributed by atoms with van der Waals surface area (Å²) in [6, 6.07) is 7.52. The number of likely N-dealkylation sites (tertiary alicyclic amines) is 1. The number of hydrogen-bond donors (Lipinski definition) is 2. The highest BCUT2D eigenvalue weighted by atomic mass is 19.1. The molecule has 3 rings (SSSR count). The summed E-state index contributed by atoms with van der Waals surface area (Å²) in [7, 11) is 0. The number of aliphatic hydroxyl groups excluding tert-OH is 1. The Morgan fingerprint density at radius 3 is 3.12 bits per heavy atom. The molecule has 0 bridgehead atoms. The quantitative estimate of drug-likeness (QED) is 0.777. The third kappa shape index (κ3) is 5.03. The van der Waals surface area contributed by atoms with Gasteiger partial charge in [-0.2, -0.15) is 0 Å². The van der Waals surface area contributed by atoms with Crippen molar-refractivity contribution in [2.45, 2.75) is 25.6 Å². The first-order valence-corrected chi connectivity index (χ1v) is 8.63. The Kier molecular flexibility index (Phi) is 6.19. The van der Waals surface area contributed by atoms with Crippen molar-refractivity contribution in [3.05, 3.63) is 47.6 Å². The molecule has 0 saturated carbocycles. The van der Waals surface area contributed by atoms with E-state index in [1.54, 1.807) is 12.1 Å². The highest BCUT2D eigenvalue weighted by Gasteiger charge is 2.18. The molecule has 2 N–H and O–H groups in total. The van der Waals surface area contributed by atoms with Crippen molar-refractivity contribution in [3.63, 3.8) is 0 Å². The van der Waals surface area contributed by atoms with Crippen LogP contribution in [0.4, 0.5) is 4.39 Å². The van der Waals surface area contributed by atoms with Crippen molar-refractivity contribution in [1.82, 2.24) is 15.4 Å². The zero-order chi connectivity index (χ0) is 18.4. The van der Waals surface area contributed by atoms with Crippen molar-refractivity contribution in [2.75, 3.05) is 26.2 Å². The summed E-state index contributed by atoms with van der Waals surface area (Å²) >= 11 is 0. The molecule has 140 valence electrons. The van der Waals surface area contributed by atoms with Gasteiger partial charge >= 0.3 is 0 Å². The largest absolute Gasteiger partial charge is 0.482 e. The molecule has 2 heterocycles. The minimum Gasteiger partial charge on any atom is -0.482 e. The number of nitrogens with zero attached hydrogens (tertiary/aromatic N) is 2. The maximum atomic E-state index is 13.5. The lowest BCUT2D eigenvalue weighted by molar-refractivity contribution is 0.0702. The average molecular weight is 363 g/mol. The van der Waals surface area contributed by atoms with E-state index in [9.17, 15) is 14.3 Å². The number of carbonyl (C=O) groups is 1. The minimum atomic E-state index is -0.465. The van der Waals surface area contributed by atoms with Crippen LogP contribution in [-0.4, -0.2) is 53.4 Å². The van der Waals surface area contributed by atoms with Gasteiger partial charge in [0.15, 0.2) is 23.0 Å². The molecule has 8 heteroatoms. The fourth-order valence-corrected chi connectivity index (χ4v) is 2.85. The molecule has 1 fully saturated rings. The molecule has 2 aromatic rings. The van der Waals surface area contributed by atoms with E-state index >= 15 is 0 Å². The highest BCUT2D eigenvalue weighted by Crippen LogP contribution is 2.17. The fraction of sp³-hybridized carbons (Fsp3) is 0.444. The van der Waals surface area contributed by atoms with Crippen LogP contribution in [-0.2, 0) is 6.61 Å². The van der Waals surface area contributed by atoms with Gasteiger partial charge < -0.3 is 19.7 Å². The third-order valence-corrected chi connectivity index (χ3v) is 4.19. The van der Waals surface area contributed by atoms with E-state index in [1.807, 2.05) is 0 Å². The molecule has 1 saturated heterocycles. The molecule has 1 aromatic heterocycles. The number of para-hydroxylation sites is 1. The number of aliphatic hydroxyl groups is 1. The van der Waals surface area contributed by atoms with Gasteiger partial charge in [-0.25, -0.2) is 4.39 Å². The number of nitrogens with one attached hydrogen (secondary N) is 1. The van der Waals surface area contributed by atoms with Gasteiger partial charge in [-0.05, 0) is 31.5 Å². The summed E-state index contributed by atoms with van der Waals surface area (Å²) in [5, 5.41) is 16.1. The number of hydrogen-bond acceptors (Lipinski definition) is 6.